The van der Waals surface area contributed by atoms with Crippen LogP contribution in [0.15, 0.2) is 17.0 Å². The van der Waals surface area contributed by atoms with Gasteiger partial charge in [-0.05, 0) is 38.3 Å². The van der Waals surface area contributed by atoms with Gasteiger partial charge in [0.25, 0.3) is 10.1 Å². The fraction of sp³-hybridized carbons (Fsp3) is 0.650. The van der Waals surface area contributed by atoms with Gasteiger partial charge in [-0.15, -0.1) is 0 Å². The predicted molar refractivity (Wildman–Crippen MR) is 101 cm³/mol. The first kappa shape index (κ1) is 21.8. The average Bonchev–Trinajstić information content (AvgIpc) is 2.51. The van der Waals surface area contributed by atoms with Crippen molar-refractivity contribution in [2.24, 2.45) is 0 Å². The first-order valence-electron chi connectivity index (χ1n) is 9.27. The summed E-state index contributed by atoms with van der Waals surface area (Å²) in [4.78, 5) is 12.1. The highest BCUT2D eigenvalue weighted by Gasteiger charge is 2.22. The Morgan fingerprint density at radius 2 is 1.44 bits per heavy atom. The molecule has 0 heterocycles. The van der Waals surface area contributed by atoms with Crippen LogP contribution in [0.2, 0.25) is 0 Å². The van der Waals surface area contributed by atoms with E-state index in [0.29, 0.717) is 17.5 Å². The van der Waals surface area contributed by atoms with E-state index in [2.05, 4.69) is 6.92 Å². The molecule has 1 aromatic rings. The van der Waals surface area contributed by atoms with Crippen LogP contribution in [0.5, 0.6) is 0 Å². The summed E-state index contributed by atoms with van der Waals surface area (Å²) in [7, 11) is -3.90. The van der Waals surface area contributed by atoms with E-state index in [9.17, 15) is 13.2 Å². The minimum atomic E-state index is -3.90. The first-order chi connectivity index (χ1) is 11.8. The Labute approximate surface area is 153 Å². The van der Waals surface area contributed by atoms with Gasteiger partial charge in [0.1, 0.15) is 6.61 Å². The molecule has 1 aromatic carbocycles. The van der Waals surface area contributed by atoms with E-state index >= 15 is 0 Å². The zero-order valence-corrected chi connectivity index (χ0v) is 16.9. The molecule has 0 radical (unpaired) electrons. The summed E-state index contributed by atoms with van der Waals surface area (Å²) in [6, 6.07) is 3.62. The van der Waals surface area contributed by atoms with E-state index in [1.54, 1.807) is 13.8 Å². The Morgan fingerprint density at radius 1 is 0.920 bits per heavy atom. The molecule has 0 aliphatic rings. The monoisotopic (exact) mass is 368 g/mol. The van der Waals surface area contributed by atoms with Crippen LogP contribution in [0.1, 0.15) is 75.0 Å². The van der Waals surface area contributed by atoms with Gasteiger partial charge in [-0.1, -0.05) is 63.1 Å². The third-order valence-corrected chi connectivity index (χ3v) is 5.86. The molecule has 0 aliphatic carbocycles. The molecule has 5 heteroatoms. The molecule has 0 N–H and O–H groups in total. The van der Waals surface area contributed by atoms with Crippen LogP contribution >= 0.6 is 0 Å². The fourth-order valence-corrected chi connectivity index (χ4v) is 4.43. The second kappa shape index (κ2) is 10.7. The number of ketones is 1. The number of unbranched alkanes of at least 4 members (excludes halogenated alkanes) is 6. The average molecular weight is 369 g/mol. The van der Waals surface area contributed by atoms with E-state index in [4.69, 9.17) is 4.18 Å². The van der Waals surface area contributed by atoms with Gasteiger partial charge >= 0.3 is 0 Å². The van der Waals surface area contributed by atoms with Crippen molar-refractivity contribution in [3.8, 4) is 0 Å². The zero-order valence-electron chi connectivity index (χ0n) is 16.1. The molecule has 0 saturated carbocycles. The van der Waals surface area contributed by atoms with E-state index in [1.807, 2.05) is 19.1 Å². The first-order valence-corrected chi connectivity index (χ1v) is 10.7. The summed E-state index contributed by atoms with van der Waals surface area (Å²) in [5.41, 5.74) is 2.30. The highest BCUT2D eigenvalue weighted by atomic mass is 32.2. The molecule has 0 fully saturated rings. The molecule has 1 rings (SSSR count). The number of carbonyl (C=O) groups is 1. The Hall–Kier alpha value is -1.20. The molecule has 142 valence electrons. The number of hydrogen-bond acceptors (Lipinski definition) is 4. The minimum absolute atomic E-state index is 0.153. The van der Waals surface area contributed by atoms with E-state index in [-0.39, 0.29) is 17.3 Å². The lowest BCUT2D eigenvalue weighted by Gasteiger charge is -2.12. The molecule has 0 aromatic heterocycles. The zero-order chi connectivity index (χ0) is 18.9. The third kappa shape index (κ3) is 7.70. The van der Waals surface area contributed by atoms with Crippen molar-refractivity contribution in [1.82, 2.24) is 0 Å². The van der Waals surface area contributed by atoms with Crippen molar-refractivity contribution in [1.29, 1.82) is 0 Å². The molecule has 25 heavy (non-hydrogen) atoms. The van der Waals surface area contributed by atoms with Gasteiger partial charge in [0.15, 0.2) is 5.78 Å². The van der Waals surface area contributed by atoms with Gasteiger partial charge in [0.05, 0.1) is 4.90 Å². The topological polar surface area (TPSA) is 60.4 Å². The van der Waals surface area contributed by atoms with Crippen molar-refractivity contribution >= 4 is 15.9 Å². The number of rotatable bonds is 12. The number of aryl methyl sites for hydroxylation is 3. The number of benzene rings is 1. The summed E-state index contributed by atoms with van der Waals surface area (Å²) in [5.74, 6) is -0.153. The van der Waals surface area contributed by atoms with Gasteiger partial charge in [0, 0.05) is 6.42 Å². The lowest BCUT2D eigenvalue weighted by molar-refractivity contribution is -0.121. The number of carbonyl (C=O) groups excluding carboxylic acids is 1. The highest BCUT2D eigenvalue weighted by Crippen LogP contribution is 2.23. The Bertz CT molecular complexity index is 639. The summed E-state index contributed by atoms with van der Waals surface area (Å²) >= 11 is 0. The molecule has 0 amide bonds. The maximum atomic E-state index is 12.4. The maximum absolute atomic E-state index is 12.4. The molecule has 0 unspecified atom stereocenters. The van der Waals surface area contributed by atoms with Crippen LogP contribution in [0.25, 0.3) is 0 Å². The molecule has 0 aliphatic heterocycles. The van der Waals surface area contributed by atoms with E-state index in [1.165, 1.54) is 25.7 Å². The highest BCUT2D eigenvalue weighted by molar-refractivity contribution is 7.86. The van der Waals surface area contributed by atoms with Crippen LogP contribution in [0.3, 0.4) is 0 Å². The lowest BCUT2D eigenvalue weighted by atomic mass is 10.1. The molecule has 4 nitrogen and oxygen atoms in total. The summed E-state index contributed by atoms with van der Waals surface area (Å²) in [5, 5.41) is 0. The largest absolute Gasteiger partial charge is 0.297 e. The van der Waals surface area contributed by atoms with Crippen molar-refractivity contribution in [3.63, 3.8) is 0 Å². The Kier molecular flexibility index (Phi) is 9.36. The normalized spacial score (nSPS) is 11.7. The van der Waals surface area contributed by atoms with Crippen LogP contribution in [-0.4, -0.2) is 20.8 Å². The predicted octanol–water partition coefficient (Wildman–Crippen LogP) is 5.03. The van der Waals surface area contributed by atoms with E-state index < -0.39 is 10.1 Å². The third-order valence-electron chi connectivity index (χ3n) is 4.29. The molecular formula is C20H32O4S. The van der Waals surface area contributed by atoms with Crippen LogP contribution in [0, 0.1) is 20.8 Å². The van der Waals surface area contributed by atoms with Gasteiger partial charge < -0.3 is 0 Å². The lowest BCUT2D eigenvalue weighted by Crippen LogP contribution is -2.16. The van der Waals surface area contributed by atoms with Gasteiger partial charge in [-0.25, -0.2) is 0 Å². The van der Waals surface area contributed by atoms with Crippen molar-refractivity contribution < 1.29 is 17.4 Å². The molecule has 0 spiro atoms. The maximum Gasteiger partial charge on any atom is 0.297 e. The summed E-state index contributed by atoms with van der Waals surface area (Å²) in [6.07, 6.45) is 8.28. The van der Waals surface area contributed by atoms with Crippen molar-refractivity contribution in [2.45, 2.75) is 84.0 Å². The van der Waals surface area contributed by atoms with Crippen molar-refractivity contribution in [3.05, 3.63) is 28.8 Å². The minimum Gasteiger partial charge on any atom is -0.297 e. The Morgan fingerprint density at radius 3 is 2.00 bits per heavy atom. The smallest absolute Gasteiger partial charge is 0.297 e. The Balaban J connectivity index is 2.43. The second-order valence-electron chi connectivity index (χ2n) is 6.85. The van der Waals surface area contributed by atoms with Crippen LogP contribution in [0.4, 0.5) is 0 Å². The van der Waals surface area contributed by atoms with Crippen LogP contribution in [-0.2, 0) is 19.1 Å². The SMILES string of the molecule is CCCCCCCCCC(=O)COS(=O)(=O)c1c(C)cc(C)cc1C. The number of hydrogen-bond donors (Lipinski definition) is 0. The van der Waals surface area contributed by atoms with Crippen molar-refractivity contribution in [2.75, 3.05) is 6.61 Å². The number of Topliss-reactive ketones (excluding diaryl/α,β-unsaturated/α-hetero) is 1. The molecule has 0 saturated heterocycles. The molecule has 0 atom stereocenters. The fourth-order valence-electron chi connectivity index (χ4n) is 3.11. The van der Waals surface area contributed by atoms with Crippen LogP contribution < -0.4 is 0 Å². The van der Waals surface area contributed by atoms with E-state index in [0.717, 1.165) is 24.8 Å². The second-order valence-corrected chi connectivity index (χ2v) is 8.41. The molecular weight excluding hydrogens is 336 g/mol. The molecule has 0 bridgehead atoms. The quantitative estimate of drug-likeness (QED) is 0.383. The standard InChI is InChI=1S/C20H32O4S/c1-5-6-7-8-9-10-11-12-19(21)15-24-25(22,23)20-17(3)13-16(2)14-18(20)4/h13-14H,5-12,15H2,1-4H3. The summed E-state index contributed by atoms with van der Waals surface area (Å²) in [6.45, 7) is 7.23. The van der Waals surface area contributed by atoms with Gasteiger partial charge in [0.2, 0.25) is 0 Å². The van der Waals surface area contributed by atoms with Gasteiger partial charge in [-0.2, -0.15) is 8.42 Å². The summed E-state index contributed by atoms with van der Waals surface area (Å²) < 4.78 is 29.8. The van der Waals surface area contributed by atoms with Gasteiger partial charge in [-0.3, -0.25) is 8.98 Å².